The molecule has 0 amide bonds. The third kappa shape index (κ3) is 4.13. The van der Waals surface area contributed by atoms with Crippen molar-refractivity contribution >= 4 is 28.9 Å². The molecule has 3 rings (SSSR count). The molecule has 1 saturated carbocycles. The van der Waals surface area contributed by atoms with Crippen LogP contribution in [0, 0.1) is 24.2 Å². The number of hydrogen-bond donors (Lipinski definition) is 0. The maximum atomic E-state index is 12.7. The Hall–Kier alpha value is -1.79. The molecule has 1 heterocycles. The molecule has 0 spiro atoms. The number of carbonyl (C=O) groups excluding carboxylic acids is 1. The Labute approximate surface area is 171 Å². The van der Waals surface area contributed by atoms with Crippen LogP contribution in [-0.4, -0.2) is 12.1 Å². The third-order valence-corrected chi connectivity index (χ3v) is 6.61. The number of halogens is 4. The van der Waals surface area contributed by atoms with Crippen LogP contribution >= 0.6 is 22.9 Å². The first-order valence-corrected chi connectivity index (χ1v) is 10.0. The Morgan fingerprint density at radius 2 is 2.00 bits per heavy atom. The minimum atomic E-state index is -4.60. The number of hydrogen-bond acceptors (Lipinski definition) is 3. The van der Waals surface area contributed by atoms with Gasteiger partial charge in [-0.3, -0.25) is 4.79 Å². The lowest BCUT2D eigenvalue weighted by Crippen LogP contribution is -2.11. The zero-order valence-electron chi connectivity index (χ0n) is 15.6. The monoisotopic (exact) mass is 428 g/mol. The van der Waals surface area contributed by atoms with Crippen molar-refractivity contribution < 1.29 is 22.7 Å². The van der Waals surface area contributed by atoms with Gasteiger partial charge in [-0.15, -0.1) is 11.3 Å². The van der Waals surface area contributed by atoms with E-state index < -0.39 is 34.4 Å². The van der Waals surface area contributed by atoms with Crippen LogP contribution in [0.5, 0.6) is 0 Å². The second kappa shape index (κ2) is 7.56. The van der Waals surface area contributed by atoms with E-state index in [4.69, 9.17) is 16.3 Å². The van der Waals surface area contributed by atoms with Crippen LogP contribution in [-0.2, 0) is 16.1 Å². The maximum Gasteiger partial charge on any atom is 0.426 e. The number of esters is 1. The normalized spacial score (nSPS) is 21.5. The molecule has 0 N–H and O–H groups in total. The fourth-order valence-electron chi connectivity index (χ4n) is 3.47. The molecule has 2 nitrogen and oxygen atoms in total. The number of benzene rings is 1. The predicted octanol–water partition coefficient (Wildman–Crippen LogP) is 6.72. The molecule has 0 aliphatic heterocycles. The van der Waals surface area contributed by atoms with E-state index in [0.29, 0.717) is 0 Å². The second-order valence-electron chi connectivity index (χ2n) is 7.51. The van der Waals surface area contributed by atoms with Crippen molar-refractivity contribution in [2.45, 2.75) is 33.6 Å². The first-order chi connectivity index (χ1) is 13.0. The highest BCUT2D eigenvalue weighted by atomic mass is 35.5. The molecule has 2 atom stereocenters. The smallest absolute Gasteiger partial charge is 0.426 e. The van der Waals surface area contributed by atoms with Crippen molar-refractivity contribution in [2.24, 2.45) is 17.3 Å². The average Bonchev–Trinajstić information content (AvgIpc) is 2.98. The predicted molar refractivity (Wildman–Crippen MR) is 105 cm³/mol. The first kappa shape index (κ1) is 20.9. The lowest BCUT2D eigenvalue weighted by Gasteiger charge is -2.11. The molecule has 1 aliphatic carbocycles. The summed E-state index contributed by atoms with van der Waals surface area (Å²) in [5.41, 5.74) is 2.35. The highest BCUT2D eigenvalue weighted by molar-refractivity contribution is 7.13. The van der Waals surface area contributed by atoms with Crippen molar-refractivity contribution in [3.63, 3.8) is 0 Å². The molecule has 0 saturated heterocycles. The quantitative estimate of drug-likeness (QED) is 0.494. The SMILES string of the molecule is Cc1c(COC(=O)C2C(/C=C(\Cl)C(F)(F)F)C2(C)C)cccc1-c1cccs1. The molecule has 28 heavy (non-hydrogen) atoms. The first-order valence-electron chi connectivity index (χ1n) is 8.77. The van der Waals surface area contributed by atoms with Gasteiger partial charge in [0.2, 0.25) is 0 Å². The lowest BCUT2D eigenvalue weighted by atomic mass is 10.0. The van der Waals surface area contributed by atoms with Crippen molar-refractivity contribution in [1.29, 1.82) is 0 Å². The van der Waals surface area contributed by atoms with Crippen LogP contribution in [0.15, 0.2) is 46.8 Å². The van der Waals surface area contributed by atoms with Crippen molar-refractivity contribution in [2.75, 3.05) is 0 Å². The van der Waals surface area contributed by atoms with Gasteiger partial charge in [-0.1, -0.05) is 55.8 Å². The standard InChI is InChI=1S/C21H20ClF3O2S/c1-12-13(6-4-7-14(12)16-8-5-9-28-16)11-27-19(26)18-15(20(18,2)3)10-17(22)21(23,24)25/h4-10,15,18H,11H2,1-3H3/b17-10-. The highest BCUT2D eigenvalue weighted by Gasteiger charge is 2.62. The Bertz CT molecular complexity index is 901. The number of thiophene rings is 1. The van der Waals surface area contributed by atoms with E-state index in [9.17, 15) is 18.0 Å². The van der Waals surface area contributed by atoms with E-state index in [2.05, 4.69) is 0 Å². The van der Waals surface area contributed by atoms with E-state index in [1.807, 2.05) is 42.6 Å². The van der Waals surface area contributed by atoms with Gasteiger partial charge in [0.1, 0.15) is 11.6 Å². The van der Waals surface area contributed by atoms with Gasteiger partial charge >= 0.3 is 12.1 Å². The Balaban J connectivity index is 1.69. The Morgan fingerprint density at radius 3 is 2.61 bits per heavy atom. The summed E-state index contributed by atoms with van der Waals surface area (Å²) in [4.78, 5) is 13.6. The molecule has 1 aliphatic rings. The fourth-order valence-corrected chi connectivity index (χ4v) is 4.41. The molecular weight excluding hydrogens is 409 g/mol. The average molecular weight is 429 g/mol. The van der Waals surface area contributed by atoms with Gasteiger partial charge in [0.25, 0.3) is 0 Å². The summed E-state index contributed by atoms with van der Waals surface area (Å²) >= 11 is 6.96. The van der Waals surface area contributed by atoms with Gasteiger partial charge in [-0.05, 0) is 46.4 Å². The van der Waals surface area contributed by atoms with Gasteiger partial charge in [-0.25, -0.2) is 0 Å². The van der Waals surface area contributed by atoms with Crippen molar-refractivity contribution in [3.8, 4) is 10.4 Å². The fraction of sp³-hybridized carbons (Fsp3) is 0.381. The zero-order chi connectivity index (χ0) is 20.7. The summed E-state index contributed by atoms with van der Waals surface area (Å²) in [7, 11) is 0. The molecule has 0 radical (unpaired) electrons. The molecule has 2 unspecified atom stereocenters. The maximum absolute atomic E-state index is 12.7. The molecule has 1 aromatic heterocycles. The number of carbonyl (C=O) groups is 1. The Morgan fingerprint density at radius 1 is 1.29 bits per heavy atom. The topological polar surface area (TPSA) is 26.3 Å². The molecule has 1 aromatic carbocycles. The summed E-state index contributed by atoms with van der Waals surface area (Å²) in [6.07, 6.45) is -3.68. The summed E-state index contributed by atoms with van der Waals surface area (Å²) in [6, 6.07) is 9.80. The number of allylic oxidation sites excluding steroid dienone is 2. The minimum absolute atomic E-state index is 0.0832. The van der Waals surface area contributed by atoms with E-state index in [1.165, 1.54) is 0 Å². The van der Waals surface area contributed by atoms with E-state index in [-0.39, 0.29) is 6.61 Å². The molecule has 150 valence electrons. The second-order valence-corrected chi connectivity index (χ2v) is 8.87. The van der Waals surface area contributed by atoms with Crippen molar-refractivity contribution in [3.05, 3.63) is 57.9 Å². The van der Waals surface area contributed by atoms with Crippen LogP contribution in [0.2, 0.25) is 0 Å². The van der Waals surface area contributed by atoms with Crippen LogP contribution in [0.1, 0.15) is 25.0 Å². The molecule has 2 aromatic rings. The number of ether oxygens (including phenoxy) is 1. The molecular formula is C21H20ClF3O2S. The zero-order valence-corrected chi connectivity index (χ0v) is 17.2. The van der Waals surface area contributed by atoms with Crippen LogP contribution < -0.4 is 0 Å². The van der Waals surface area contributed by atoms with Crippen LogP contribution in [0.3, 0.4) is 0 Å². The molecule has 0 bridgehead atoms. The van der Waals surface area contributed by atoms with Gasteiger partial charge < -0.3 is 4.74 Å². The summed E-state index contributed by atoms with van der Waals surface area (Å²) in [5.74, 6) is -1.73. The molecule has 1 fully saturated rings. The van der Waals surface area contributed by atoms with Gasteiger partial charge in [-0.2, -0.15) is 13.2 Å². The van der Waals surface area contributed by atoms with Crippen molar-refractivity contribution in [1.82, 2.24) is 0 Å². The highest BCUT2D eigenvalue weighted by Crippen LogP contribution is 2.60. The third-order valence-electron chi connectivity index (χ3n) is 5.36. The summed E-state index contributed by atoms with van der Waals surface area (Å²) in [6.45, 7) is 5.53. The van der Waals surface area contributed by atoms with E-state index in [0.717, 1.165) is 27.6 Å². The summed E-state index contributed by atoms with van der Waals surface area (Å²) in [5, 5.41) is 0.802. The minimum Gasteiger partial charge on any atom is -0.461 e. The van der Waals surface area contributed by atoms with Crippen LogP contribution in [0.4, 0.5) is 13.2 Å². The summed E-state index contributed by atoms with van der Waals surface area (Å²) < 4.78 is 43.5. The van der Waals surface area contributed by atoms with E-state index in [1.54, 1.807) is 25.2 Å². The van der Waals surface area contributed by atoms with E-state index >= 15 is 0 Å². The van der Waals surface area contributed by atoms with Gasteiger partial charge in [0.15, 0.2) is 0 Å². The van der Waals surface area contributed by atoms with Gasteiger partial charge in [0, 0.05) is 4.88 Å². The number of rotatable bonds is 5. The largest absolute Gasteiger partial charge is 0.461 e. The van der Waals surface area contributed by atoms with Crippen LogP contribution in [0.25, 0.3) is 10.4 Å². The molecule has 7 heteroatoms. The number of alkyl halides is 3. The Kier molecular flexibility index (Phi) is 5.65. The van der Waals surface area contributed by atoms with Gasteiger partial charge in [0.05, 0.1) is 5.92 Å². The lowest BCUT2D eigenvalue weighted by molar-refractivity contribution is -0.147.